The van der Waals surface area contributed by atoms with Crippen molar-refractivity contribution in [2.24, 2.45) is 0 Å². The molecule has 1 aliphatic rings. The van der Waals surface area contributed by atoms with Crippen molar-refractivity contribution in [2.75, 3.05) is 31.2 Å². The molecular formula is C26H23F3N6O. The van der Waals surface area contributed by atoms with Crippen molar-refractivity contribution in [1.82, 2.24) is 24.9 Å². The lowest BCUT2D eigenvalue weighted by Crippen LogP contribution is -2.36. The summed E-state index contributed by atoms with van der Waals surface area (Å²) in [6.45, 7) is 3.26. The monoisotopic (exact) mass is 492 g/mol. The molecule has 1 aliphatic heterocycles. The fourth-order valence-electron chi connectivity index (χ4n) is 3.99. The van der Waals surface area contributed by atoms with Crippen LogP contribution in [0.5, 0.6) is 0 Å². The van der Waals surface area contributed by atoms with E-state index in [9.17, 15) is 13.2 Å². The fraction of sp³-hybridized carbons (Fsp3) is 0.269. The normalized spacial score (nSPS) is 13.8. The first-order valence-electron chi connectivity index (χ1n) is 11.5. The maximum absolute atomic E-state index is 13.6. The minimum atomic E-state index is -3.02. The molecule has 4 aromatic rings. The van der Waals surface area contributed by atoms with Crippen molar-refractivity contribution in [3.8, 4) is 11.5 Å². The Morgan fingerprint density at radius 1 is 0.806 bits per heavy atom. The summed E-state index contributed by atoms with van der Waals surface area (Å²) in [6.07, 6.45) is 1.18. The second-order valence-corrected chi connectivity index (χ2v) is 8.32. The highest BCUT2D eigenvalue weighted by Crippen LogP contribution is 2.23. The highest BCUT2D eigenvalue weighted by atomic mass is 19.3. The second kappa shape index (κ2) is 10.8. The van der Waals surface area contributed by atoms with Gasteiger partial charge in [0.25, 0.3) is 6.43 Å². The molecule has 5 rings (SSSR count). The molecule has 3 aromatic heterocycles. The first-order chi connectivity index (χ1) is 17.5. The molecule has 0 N–H and O–H groups in total. The molecule has 0 bridgehead atoms. The zero-order valence-corrected chi connectivity index (χ0v) is 19.3. The number of benzene rings is 1. The maximum Gasteiger partial charge on any atom is 0.283 e. The Labute approximate surface area is 206 Å². The van der Waals surface area contributed by atoms with Crippen LogP contribution in [0.2, 0.25) is 0 Å². The quantitative estimate of drug-likeness (QED) is 0.378. The number of rotatable bonds is 7. The summed E-state index contributed by atoms with van der Waals surface area (Å²) < 4.78 is 45.1. The minimum absolute atomic E-state index is 0.0810. The molecule has 0 atom stereocenters. The summed E-state index contributed by atoms with van der Waals surface area (Å²) in [5, 5.41) is 0. The van der Waals surface area contributed by atoms with Crippen LogP contribution in [0, 0.1) is 5.82 Å². The number of aromatic nitrogens is 5. The van der Waals surface area contributed by atoms with Gasteiger partial charge >= 0.3 is 0 Å². The van der Waals surface area contributed by atoms with E-state index in [0.717, 1.165) is 43.6 Å². The number of pyridine rings is 1. The predicted molar refractivity (Wildman–Crippen MR) is 127 cm³/mol. The number of hydrogen-bond donors (Lipinski definition) is 0. The van der Waals surface area contributed by atoms with Crippen LogP contribution in [-0.2, 0) is 17.6 Å². The van der Waals surface area contributed by atoms with Gasteiger partial charge in [0.05, 0.1) is 24.6 Å². The third-order valence-electron chi connectivity index (χ3n) is 5.82. The van der Waals surface area contributed by atoms with Gasteiger partial charge in [-0.25, -0.2) is 38.1 Å². The van der Waals surface area contributed by atoms with Gasteiger partial charge in [-0.05, 0) is 42.0 Å². The van der Waals surface area contributed by atoms with Crippen molar-refractivity contribution in [3.05, 3.63) is 95.2 Å². The van der Waals surface area contributed by atoms with Gasteiger partial charge in [0, 0.05) is 44.0 Å². The Bertz CT molecular complexity index is 1330. The topological polar surface area (TPSA) is 76.9 Å². The molecule has 0 saturated carbocycles. The number of ether oxygens (including phenoxy) is 1. The van der Waals surface area contributed by atoms with Crippen LogP contribution < -0.4 is 4.90 Å². The first kappa shape index (κ1) is 23.8. The van der Waals surface area contributed by atoms with Crippen molar-refractivity contribution >= 4 is 5.69 Å². The van der Waals surface area contributed by atoms with Gasteiger partial charge in [-0.15, -0.1) is 0 Å². The number of anilines is 1. The van der Waals surface area contributed by atoms with E-state index in [2.05, 4.69) is 54.1 Å². The Balaban J connectivity index is 1.28. The third-order valence-corrected chi connectivity index (χ3v) is 5.82. The summed E-state index contributed by atoms with van der Waals surface area (Å²) in [6, 6.07) is 14.1. The van der Waals surface area contributed by atoms with E-state index >= 15 is 0 Å². The Morgan fingerprint density at radius 2 is 1.53 bits per heavy atom. The van der Waals surface area contributed by atoms with Crippen LogP contribution in [0.15, 0.2) is 60.9 Å². The van der Waals surface area contributed by atoms with Crippen molar-refractivity contribution in [1.29, 1.82) is 0 Å². The summed E-state index contributed by atoms with van der Waals surface area (Å²) in [7, 11) is 0. The van der Waals surface area contributed by atoms with Crippen LogP contribution in [0.1, 0.15) is 34.9 Å². The van der Waals surface area contributed by atoms with Gasteiger partial charge in [-0.3, -0.25) is 0 Å². The van der Waals surface area contributed by atoms with E-state index < -0.39 is 17.9 Å². The van der Waals surface area contributed by atoms with Crippen molar-refractivity contribution < 1.29 is 17.9 Å². The average Bonchev–Trinajstić information content (AvgIpc) is 2.90. The average molecular weight is 493 g/mol. The summed E-state index contributed by atoms with van der Waals surface area (Å²) in [5.74, 6) is -0.235. The van der Waals surface area contributed by atoms with E-state index in [1.165, 1.54) is 18.0 Å². The van der Waals surface area contributed by atoms with E-state index in [1.807, 2.05) is 0 Å². The highest BCUT2D eigenvalue weighted by molar-refractivity contribution is 5.50. The smallest absolute Gasteiger partial charge is 0.283 e. The fourth-order valence-corrected chi connectivity index (χ4v) is 3.99. The summed E-state index contributed by atoms with van der Waals surface area (Å²) >= 11 is 0. The molecule has 7 nitrogen and oxygen atoms in total. The van der Waals surface area contributed by atoms with Crippen molar-refractivity contribution in [3.63, 3.8) is 0 Å². The van der Waals surface area contributed by atoms with E-state index in [0.29, 0.717) is 24.4 Å². The van der Waals surface area contributed by atoms with E-state index in [-0.39, 0.29) is 11.5 Å². The number of alkyl halides is 2. The molecule has 10 heteroatoms. The Kier molecular flexibility index (Phi) is 7.13. The SMILES string of the molecule is Fc1ccc(-c2nccc(Cc3ccnc(Cc4ccc(N5CCOCC5)cc4)n3)n2)nc1C(F)F. The molecule has 1 saturated heterocycles. The Hall–Kier alpha value is -3.92. The molecule has 1 aromatic carbocycles. The lowest BCUT2D eigenvalue weighted by atomic mass is 10.1. The lowest BCUT2D eigenvalue weighted by Gasteiger charge is -2.28. The van der Waals surface area contributed by atoms with Crippen LogP contribution in [0.4, 0.5) is 18.9 Å². The largest absolute Gasteiger partial charge is 0.378 e. The minimum Gasteiger partial charge on any atom is -0.378 e. The lowest BCUT2D eigenvalue weighted by molar-refractivity contribution is 0.122. The van der Waals surface area contributed by atoms with Gasteiger partial charge in [0.15, 0.2) is 11.6 Å². The van der Waals surface area contributed by atoms with Crippen LogP contribution in [-0.4, -0.2) is 51.2 Å². The molecule has 0 spiro atoms. The van der Waals surface area contributed by atoms with Gasteiger partial charge in [0.2, 0.25) is 0 Å². The number of nitrogens with zero attached hydrogens (tertiary/aromatic N) is 6. The first-order valence-corrected chi connectivity index (χ1v) is 11.5. The standard InChI is InChI=1S/C26H23F3N6O/c27-21-5-6-22(34-24(21)25(28)29)26-31-10-8-19(33-26)16-18-7-9-30-23(32-18)15-17-1-3-20(4-2-17)35-11-13-36-14-12-35/h1-10,25H,11-16H2. The summed E-state index contributed by atoms with van der Waals surface area (Å²) in [4.78, 5) is 23.6. The van der Waals surface area contributed by atoms with Crippen molar-refractivity contribution in [2.45, 2.75) is 19.3 Å². The second-order valence-electron chi connectivity index (χ2n) is 8.32. The molecule has 4 heterocycles. The highest BCUT2D eigenvalue weighted by Gasteiger charge is 2.17. The van der Waals surface area contributed by atoms with Gasteiger partial charge in [-0.1, -0.05) is 12.1 Å². The van der Waals surface area contributed by atoms with Crippen LogP contribution in [0.25, 0.3) is 11.5 Å². The predicted octanol–water partition coefficient (Wildman–Crippen LogP) is 4.42. The number of halogens is 3. The van der Waals surface area contributed by atoms with Gasteiger partial charge in [0.1, 0.15) is 17.2 Å². The molecule has 0 radical (unpaired) electrons. The molecule has 0 aliphatic carbocycles. The van der Waals surface area contributed by atoms with Gasteiger partial charge < -0.3 is 9.64 Å². The maximum atomic E-state index is 13.6. The summed E-state index contributed by atoms with van der Waals surface area (Å²) in [5.41, 5.74) is 2.83. The molecule has 0 amide bonds. The third kappa shape index (κ3) is 5.65. The van der Waals surface area contributed by atoms with E-state index in [4.69, 9.17) is 4.74 Å². The van der Waals surface area contributed by atoms with Crippen LogP contribution in [0.3, 0.4) is 0 Å². The zero-order valence-electron chi connectivity index (χ0n) is 19.3. The van der Waals surface area contributed by atoms with Crippen LogP contribution >= 0.6 is 0 Å². The molecule has 0 unspecified atom stereocenters. The van der Waals surface area contributed by atoms with E-state index in [1.54, 1.807) is 18.3 Å². The Morgan fingerprint density at radius 3 is 2.28 bits per heavy atom. The number of morpholine rings is 1. The molecule has 36 heavy (non-hydrogen) atoms. The molecule has 1 fully saturated rings. The molecular weight excluding hydrogens is 469 g/mol. The number of hydrogen-bond acceptors (Lipinski definition) is 7. The molecule has 184 valence electrons. The van der Waals surface area contributed by atoms with Gasteiger partial charge in [-0.2, -0.15) is 0 Å². The zero-order chi connectivity index (χ0) is 24.9.